The van der Waals surface area contributed by atoms with Crippen LogP contribution in [0.15, 0.2) is 18.2 Å². The highest BCUT2D eigenvalue weighted by Crippen LogP contribution is 2.35. The summed E-state index contributed by atoms with van der Waals surface area (Å²) < 4.78 is 0. The highest BCUT2D eigenvalue weighted by Gasteiger charge is 2.34. The fourth-order valence-electron chi connectivity index (χ4n) is 2.92. The molecule has 2 N–H and O–H groups in total. The maximum atomic E-state index is 6.12. The Bertz CT molecular complexity index is 421. The highest BCUT2D eigenvalue weighted by atomic mass is 15.2. The molecule has 1 aromatic rings. The Balaban J connectivity index is 2.28. The summed E-state index contributed by atoms with van der Waals surface area (Å²) in [6, 6.07) is 7.89. The van der Waals surface area contributed by atoms with Gasteiger partial charge in [0.2, 0.25) is 0 Å². The van der Waals surface area contributed by atoms with E-state index >= 15 is 0 Å². The largest absolute Gasteiger partial charge is 0.329 e. The predicted molar refractivity (Wildman–Crippen MR) is 82.3 cm³/mol. The number of nitrogens with two attached hydrogens (primary N) is 1. The minimum absolute atomic E-state index is 0.384. The standard InChI is InChI=1S/C17H28N2/c1-12(2)11-19(15-7-8-15)17(10-18)16-9-13(3)5-6-14(16)4/h5-6,9,12,15,17H,7-8,10-11,18H2,1-4H3. The second-order valence-corrected chi connectivity index (χ2v) is 6.43. The molecule has 0 spiro atoms. The summed E-state index contributed by atoms with van der Waals surface area (Å²) in [6.45, 7) is 10.8. The van der Waals surface area contributed by atoms with E-state index in [9.17, 15) is 0 Å². The van der Waals surface area contributed by atoms with Crippen LogP contribution in [0.25, 0.3) is 0 Å². The zero-order chi connectivity index (χ0) is 14.0. The fraction of sp³-hybridized carbons (Fsp3) is 0.647. The van der Waals surface area contributed by atoms with Crippen molar-refractivity contribution in [1.29, 1.82) is 0 Å². The van der Waals surface area contributed by atoms with E-state index < -0.39 is 0 Å². The number of nitrogens with zero attached hydrogens (tertiary/aromatic N) is 1. The minimum atomic E-state index is 0.384. The number of hydrogen-bond donors (Lipinski definition) is 1. The maximum Gasteiger partial charge on any atom is 0.0476 e. The van der Waals surface area contributed by atoms with Gasteiger partial charge in [-0.25, -0.2) is 0 Å². The molecule has 0 amide bonds. The van der Waals surface area contributed by atoms with Crippen LogP contribution < -0.4 is 5.73 Å². The SMILES string of the molecule is Cc1ccc(C)c(C(CN)N(CC(C)C)C2CC2)c1. The number of benzene rings is 1. The number of hydrogen-bond acceptors (Lipinski definition) is 2. The maximum absolute atomic E-state index is 6.12. The molecule has 1 aromatic carbocycles. The lowest BCUT2D eigenvalue weighted by Gasteiger charge is -2.34. The molecule has 0 aromatic heterocycles. The molecule has 1 aliphatic carbocycles. The Labute approximate surface area is 118 Å². The molecule has 0 radical (unpaired) electrons. The smallest absolute Gasteiger partial charge is 0.0476 e. The average molecular weight is 260 g/mol. The first kappa shape index (κ1) is 14.5. The molecule has 2 heteroatoms. The van der Waals surface area contributed by atoms with Gasteiger partial charge in [-0.3, -0.25) is 4.90 Å². The van der Waals surface area contributed by atoms with Gasteiger partial charge in [-0.1, -0.05) is 37.6 Å². The van der Waals surface area contributed by atoms with E-state index in [1.807, 2.05) is 0 Å². The lowest BCUT2D eigenvalue weighted by molar-refractivity contribution is 0.169. The van der Waals surface area contributed by atoms with E-state index in [0.717, 1.165) is 12.6 Å². The van der Waals surface area contributed by atoms with Crippen molar-refractivity contribution in [3.05, 3.63) is 34.9 Å². The lowest BCUT2D eigenvalue weighted by atomic mass is 9.96. The van der Waals surface area contributed by atoms with Crippen molar-refractivity contribution in [1.82, 2.24) is 4.90 Å². The van der Waals surface area contributed by atoms with Crippen LogP contribution in [-0.2, 0) is 0 Å². The summed E-state index contributed by atoms with van der Waals surface area (Å²) in [6.07, 6.45) is 2.68. The molecule has 2 rings (SSSR count). The van der Waals surface area contributed by atoms with Crippen LogP contribution in [0.3, 0.4) is 0 Å². The molecule has 1 saturated carbocycles. The molecule has 1 unspecified atom stereocenters. The highest BCUT2D eigenvalue weighted by molar-refractivity contribution is 5.33. The van der Waals surface area contributed by atoms with Crippen molar-refractivity contribution < 1.29 is 0 Å². The predicted octanol–water partition coefficient (Wildman–Crippen LogP) is 3.42. The molecule has 0 heterocycles. The molecule has 1 atom stereocenters. The quantitative estimate of drug-likeness (QED) is 0.849. The van der Waals surface area contributed by atoms with E-state index in [0.29, 0.717) is 18.5 Å². The second kappa shape index (κ2) is 6.06. The Morgan fingerprint density at radius 2 is 1.95 bits per heavy atom. The van der Waals surface area contributed by atoms with Crippen LogP contribution in [0, 0.1) is 19.8 Å². The van der Waals surface area contributed by atoms with Gasteiger partial charge in [-0.05, 0) is 43.7 Å². The molecule has 1 fully saturated rings. The Morgan fingerprint density at radius 1 is 1.26 bits per heavy atom. The van der Waals surface area contributed by atoms with Gasteiger partial charge in [-0.15, -0.1) is 0 Å². The molecular formula is C17H28N2. The van der Waals surface area contributed by atoms with Gasteiger partial charge in [0.05, 0.1) is 0 Å². The van der Waals surface area contributed by atoms with Gasteiger partial charge in [0.25, 0.3) is 0 Å². The van der Waals surface area contributed by atoms with E-state index in [2.05, 4.69) is 50.8 Å². The van der Waals surface area contributed by atoms with Gasteiger partial charge >= 0.3 is 0 Å². The normalized spacial score (nSPS) is 17.2. The summed E-state index contributed by atoms with van der Waals surface area (Å²) >= 11 is 0. The third-order valence-electron chi connectivity index (χ3n) is 4.01. The van der Waals surface area contributed by atoms with Gasteiger partial charge in [0.1, 0.15) is 0 Å². The van der Waals surface area contributed by atoms with Crippen molar-refractivity contribution >= 4 is 0 Å². The first-order chi connectivity index (χ1) is 9.02. The van der Waals surface area contributed by atoms with E-state index in [4.69, 9.17) is 5.73 Å². The zero-order valence-corrected chi connectivity index (χ0v) is 12.8. The van der Waals surface area contributed by atoms with E-state index in [-0.39, 0.29) is 0 Å². The fourth-order valence-corrected chi connectivity index (χ4v) is 2.92. The summed E-state index contributed by atoms with van der Waals surface area (Å²) in [4.78, 5) is 2.65. The van der Waals surface area contributed by atoms with Crippen LogP contribution in [0.4, 0.5) is 0 Å². The molecular weight excluding hydrogens is 232 g/mol. The van der Waals surface area contributed by atoms with Crippen molar-refractivity contribution in [2.75, 3.05) is 13.1 Å². The van der Waals surface area contributed by atoms with Crippen molar-refractivity contribution in [3.8, 4) is 0 Å². The van der Waals surface area contributed by atoms with Crippen LogP contribution in [0.2, 0.25) is 0 Å². The Kier molecular flexibility index (Phi) is 4.64. The monoisotopic (exact) mass is 260 g/mol. The number of rotatable bonds is 6. The van der Waals surface area contributed by atoms with Crippen LogP contribution in [0.5, 0.6) is 0 Å². The zero-order valence-electron chi connectivity index (χ0n) is 12.8. The Morgan fingerprint density at radius 3 is 2.47 bits per heavy atom. The molecule has 0 saturated heterocycles. The second-order valence-electron chi connectivity index (χ2n) is 6.43. The molecule has 1 aliphatic rings. The van der Waals surface area contributed by atoms with Crippen molar-refractivity contribution in [2.45, 2.75) is 52.6 Å². The Hall–Kier alpha value is -0.860. The van der Waals surface area contributed by atoms with Gasteiger partial charge < -0.3 is 5.73 Å². The third-order valence-corrected chi connectivity index (χ3v) is 4.01. The average Bonchev–Trinajstić information content (AvgIpc) is 3.16. The minimum Gasteiger partial charge on any atom is -0.329 e. The van der Waals surface area contributed by atoms with Gasteiger partial charge in [0.15, 0.2) is 0 Å². The lowest BCUT2D eigenvalue weighted by Crippen LogP contribution is -2.38. The van der Waals surface area contributed by atoms with Crippen molar-refractivity contribution in [2.24, 2.45) is 11.7 Å². The summed E-state index contributed by atoms with van der Waals surface area (Å²) in [5.74, 6) is 0.694. The molecule has 19 heavy (non-hydrogen) atoms. The van der Waals surface area contributed by atoms with Crippen molar-refractivity contribution in [3.63, 3.8) is 0 Å². The molecule has 0 bridgehead atoms. The van der Waals surface area contributed by atoms with E-state index in [1.165, 1.54) is 29.5 Å². The first-order valence-corrected chi connectivity index (χ1v) is 7.56. The topological polar surface area (TPSA) is 29.3 Å². The van der Waals surface area contributed by atoms with E-state index in [1.54, 1.807) is 0 Å². The van der Waals surface area contributed by atoms with Crippen LogP contribution >= 0.6 is 0 Å². The first-order valence-electron chi connectivity index (χ1n) is 7.56. The van der Waals surface area contributed by atoms with Gasteiger partial charge in [-0.2, -0.15) is 0 Å². The summed E-state index contributed by atoms with van der Waals surface area (Å²) in [5.41, 5.74) is 10.3. The molecule has 0 aliphatic heterocycles. The van der Waals surface area contributed by atoms with Gasteiger partial charge in [0, 0.05) is 25.2 Å². The van der Waals surface area contributed by atoms with Crippen LogP contribution in [-0.4, -0.2) is 24.0 Å². The summed E-state index contributed by atoms with van der Waals surface area (Å²) in [7, 11) is 0. The number of aryl methyl sites for hydroxylation is 2. The third kappa shape index (κ3) is 3.58. The summed E-state index contributed by atoms with van der Waals surface area (Å²) in [5, 5.41) is 0. The molecule has 106 valence electrons. The molecule has 2 nitrogen and oxygen atoms in total. The van der Waals surface area contributed by atoms with Crippen LogP contribution in [0.1, 0.15) is 49.4 Å².